The van der Waals surface area contributed by atoms with Crippen LogP contribution in [0.3, 0.4) is 0 Å². The van der Waals surface area contributed by atoms with Crippen LogP contribution in [0, 0.1) is 11.3 Å². The molecule has 2 saturated carbocycles. The molecule has 0 atom stereocenters. The molecule has 0 bridgehead atoms. The maximum Gasteiger partial charge on any atom is 0.209 e. The van der Waals surface area contributed by atoms with Crippen molar-refractivity contribution < 1.29 is 8.42 Å². The number of sulfonamides is 1. The molecule has 0 amide bonds. The normalized spacial score (nSPS) is 28.1. The van der Waals surface area contributed by atoms with Crippen molar-refractivity contribution in [1.29, 1.82) is 0 Å². The lowest BCUT2D eigenvalue weighted by atomic mass is 9.52. The van der Waals surface area contributed by atoms with Crippen molar-refractivity contribution in [3.05, 3.63) is 0 Å². The summed E-state index contributed by atoms with van der Waals surface area (Å²) in [5.74, 6) is 0.565. The van der Waals surface area contributed by atoms with E-state index in [2.05, 4.69) is 0 Å². The van der Waals surface area contributed by atoms with Gasteiger partial charge in [-0.2, -0.15) is 0 Å². The zero-order chi connectivity index (χ0) is 8.82. The highest BCUT2D eigenvalue weighted by molar-refractivity contribution is 7.89. The van der Waals surface area contributed by atoms with E-state index < -0.39 is 10.0 Å². The fourth-order valence-corrected chi connectivity index (χ4v) is 3.59. The molecular formula is C8H15NO2S. The van der Waals surface area contributed by atoms with Gasteiger partial charge in [-0.25, -0.2) is 13.6 Å². The van der Waals surface area contributed by atoms with Gasteiger partial charge in [0.1, 0.15) is 0 Å². The van der Waals surface area contributed by atoms with Crippen LogP contribution < -0.4 is 5.14 Å². The number of rotatable bonds is 2. The van der Waals surface area contributed by atoms with E-state index in [0.29, 0.717) is 11.3 Å². The predicted octanol–water partition coefficient (Wildman–Crippen LogP) is 0.855. The van der Waals surface area contributed by atoms with Crippen LogP contribution in [0.2, 0.25) is 0 Å². The molecule has 0 aromatic rings. The summed E-state index contributed by atoms with van der Waals surface area (Å²) in [5.41, 5.74) is 0.565. The van der Waals surface area contributed by atoms with Gasteiger partial charge in [-0.15, -0.1) is 0 Å². The molecule has 2 aliphatic rings. The molecule has 4 heteroatoms. The minimum atomic E-state index is -3.22. The molecule has 0 aromatic carbocycles. The monoisotopic (exact) mass is 189 g/mol. The Hall–Kier alpha value is -0.0900. The standard InChI is InChI=1S/C8H15NO2S/c9-12(10,11)6-7-4-8(5-7)2-1-3-8/h7H,1-6H2,(H2,9,10,11). The Bertz CT molecular complexity index is 271. The third-order valence-corrected chi connectivity index (χ3v) is 4.26. The van der Waals surface area contributed by atoms with Gasteiger partial charge in [0.15, 0.2) is 0 Å². The van der Waals surface area contributed by atoms with Crippen LogP contribution in [0.15, 0.2) is 0 Å². The third kappa shape index (κ3) is 1.50. The predicted molar refractivity (Wildman–Crippen MR) is 47.0 cm³/mol. The lowest BCUT2D eigenvalue weighted by molar-refractivity contribution is -0.0147. The highest BCUT2D eigenvalue weighted by Gasteiger charge is 2.48. The van der Waals surface area contributed by atoms with Crippen LogP contribution in [0.25, 0.3) is 0 Å². The lowest BCUT2D eigenvalue weighted by Crippen LogP contribution is -2.45. The van der Waals surface area contributed by atoms with Crippen molar-refractivity contribution in [2.75, 3.05) is 5.75 Å². The van der Waals surface area contributed by atoms with E-state index in [0.717, 1.165) is 12.8 Å². The van der Waals surface area contributed by atoms with Crippen molar-refractivity contribution in [2.24, 2.45) is 16.5 Å². The van der Waals surface area contributed by atoms with E-state index >= 15 is 0 Å². The van der Waals surface area contributed by atoms with Gasteiger partial charge in [0.25, 0.3) is 0 Å². The molecule has 0 heterocycles. The molecule has 12 heavy (non-hydrogen) atoms. The first-order valence-corrected chi connectivity index (χ1v) is 6.21. The van der Waals surface area contributed by atoms with E-state index in [1.54, 1.807) is 0 Å². The van der Waals surface area contributed by atoms with E-state index in [9.17, 15) is 8.42 Å². The molecule has 1 spiro atoms. The zero-order valence-corrected chi connectivity index (χ0v) is 7.94. The molecule has 70 valence electrons. The minimum absolute atomic E-state index is 0.203. The summed E-state index contributed by atoms with van der Waals surface area (Å²) in [6.45, 7) is 0. The van der Waals surface area contributed by atoms with E-state index in [1.807, 2.05) is 0 Å². The van der Waals surface area contributed by atoms with Crippen molar-refractivity contribution in [3.63, 3.8) is 0 Å². The largest absolute Gasteiger partial charge is 0.229 e. The Labute approximate surface area is 73.4 Å². The SMILES string of the molecule is NS(=O)(=O)CC1CC2(CCC2)C1. The number of primary sulfonamides is 1. The summed E-state index contributed by atoms with van der Waals surface area (Å²) in [7, 11) is -3.22. The van der Waals surface area contributed by atoms with Crippen LogP contribution in [0.5, 0.6) is 0 Å². The van der Waals surface area contributed by atoms with Gasteiger partial charge in [-0.05, 0) is 37.0 Å². The van der Waals surface area contributed by atoms with E-state index in [1.165, 1.54) is 19.3 Å². The molecule has 3 nitrogen and oxygen atoms in total. The van der Waals surface area contributed by atoms with Gasteiger partial charge in [-0.1, -0.05) is 6.42 Å². The molecule has 0 aromatic heterocycles. The first kappa shape index (κ1) is 8.51. The van der Waals surface area contributed by atoms with Crippen molar-refractivity contribution >= 4 is 10.0 Å². The second kappa shape index (κ2) is 2.45. The maximum atomic E-state index is 10.7. The summed E-state index contributed by atoms with van der Waals surface area (Å²) < 4.78 is 21.5. The lowest BCUT2D eigenvalue weighted by Gasteiger charge is -2.54. The van der Waals surface area contributed by atoms with Crippen LogP contribution in [0.1, 0.15) is 32.1 Å². The van der Waals surface area contributed by atoms with Crippen molar-refractivity contribution in [1.82, 2.24) is 0 Å². The summed E-state index contributed by atoms with van der Waals surface area (Å²) in [4.78, 5) is 0. The first-order valence-electron chi connectivity index (χ1n) is 4.50. The van der Waals surface area contributed by atoms with Gasteiger partial charge in [0.05, 0.1) is 5.75 Å². The number of hydrogen-bond donors (Lipinski definition) is 1. The fraction of sp³-hybridized carbons (Fsp3) is 1.00. The molecular weight excluding hydrogens is 174 g/mol. The van der Waals surface area contributed by atoms with Crippen LogP contribution in [-0.2, 0) is 10.0 Å². The highest BCUT2D eigenvalue weighted by atomic mass is 32.2. The van der Waals surface area contributed by atoms with E-state index in [-0.39, 0.29) is 5.75 Å². The molecule has 2 N–H and O–H groups in total. The summed E-state index contributed by atoms with van der Waals surface area (Å²) in [6, 6.07) is 0. The first-order chi connectivity index (χ1) is 5.49. The van der Waals surface area contributed by atoms with E-state index in [4.69, 9.17) is 5.14 Å². The number of nitrogens with two attached hydrogens (primary N) is 1. The Kier molecular flexibility index (Phi) is 1.74. The van der Waals surface area contributed by atoms with Crippen molar-refractivity contribution in [3.8, 4) is 0 Å². The summed E-state index contributed by atoms with van der Waals surface area (Å²) in [5, 5.41) is 4.97. The van der Waals surface area contributed by atoms with Crippen LogP contribution in [-0.4, -0.2) is 14.2 Å². The Morgan fingerprint density at radius 2 is 1.92 bits per heavy atom. The smallest absolute Gasteiger partial charge is 0.209 e. The zero-order valence-electron chi connectivity index (χ0n) is 7.12. The van der Waals surface area contributed by atoms with Gasteiger partial charge in [-0.3, -0.25) is 0 Å². The average Bonchev–Trinajstić information content (AvgIpc) is 1.69. The molecule has 0 unspecified atom stereocenters. The second-order valence-electron chi connectivity index (χ2n) is 4.46. The molecule has 2 rings (SSSR count). The molecule has 2 fully saturated rings. The Morgan fingerprint density at radius 3 is 2.25 bits per heavy atom. The van der Waals surface area contributed by atoms with Crippen LogP contribution >= 0.6 is 0 Å². The fourth-order valence-electron chi connectivity index (χ4n) is 2.70. The van der Waals surface area contributed by atoms with Gasteiger partial charge in [0, 0.05) is 0 Å². The Balaban J connectivity index is 1.82. The van der Waals surface area contributed by atoms with Gasteiger partial charge in [0.2, 0.25) is 10.0 Å². The molecule has 0 radical (unpaired) electrons. The van der Waals surface area contributed by atoms with Gasteiger partial charge >= 0.3 is 0 Å². The minimum Gasteiger partial charge on any atom is -0.229 e. The van der Waals surface area contributed by atoms with Crippen LogP contribution in [0.4, 0.5) is 0 Å². The number of hydrogen-bond acceptors (Lipinski definition) is 2. The quantitative estimate of drug-likeness (QED) is 0.700. The summed E-state index contributed by atoms with van der Waals surface area (Å²) >= 11 is 0. The molecule has 0 aliphatic heterocycles. The molecule has 0 saturated heterocycles. The summed E-state index contributed by atoms with van der Waals surface area (Å²) in [6.07, 6.45) is 6.16. The third-order valence-electron chi connectivity index (χ3n) is 3.33. The average molecular weight is 189 g/mol. The van der Waals surface area contributed by atoms with Crippen molar-refractivity contribution in [2.45, 2.75) is 32.1 Å². The second-order valence-corrected chi connectivity index (χ2v) is 6.12. The topological polar surface area (TPSA) is 60.2 Å². The highest BCUT2D eigenvalue weighted by Crippen LogP contribution is 2.58. The molecule has 2 aliphatic carbocycles. The maximum absolute atomic E-state index is 10.7. The van der Waals surface area contributed by atoms with Gasteiger partial charge < -0.3 is 0 Å². The Morgan fingerprint density at radius 1 is 1.33 bits per heavy atom.